The Morgan fingerprint density at radius 2 is 1.50 bits per heavy atom. The summed E-state index contributed by atoms with van der Waals surface area (Å²) in [5.41, 5.74) is 9.26. The van der Waals surface area contributed by atoms with E-state index >= 15 is 0 Å². The van der Waals surface area contributed by atoms with Crippen molar-refractivity contribution in [3.8, 4) is 0 Å². The number of rotatable bonds is 4. The molecule has 26 heavy (non-hydrogen) atoms. The summed E-state index contributed by atoms with van der Waals surface area (Å²) in [5, 5.41) is 5.71. The van der Waals surface area contributed by atoms with E-state index in [1.165, 1.54) is 22.5 Å². The summed E-state index contributed by atoms with van der Waals surface area (Å²) in [6, 6.07) is 27.6. The van der Waals surface area contributed by atoms with Crippen LogP contribution in [0.25, 0.3) is 0 Å². The lowest BCUT2D eigenvalue weighted by Gasteiger charge is -2.20. The molecule has 0 bridgehead atoms. The van der Waals surface area contributed by atoms with Gasteiger partial charge in [0.25, 0.3) is 0 Å². The van der Waals surface area contributed by atoms with Gasteiger partial charge in [-0.1, -0.05) is 71.9 Å². The molecule has 0 spiro atoms. The van der Waals surface area contributed by atoms with E-state index in [4.69, 9.17) is 0 Å². The van der Waals surface area contributed by atoms with Crippen molar-refractivity contribution in [3.05, 3.63) is 95.6 Å². The number of nitrogens with one attached hydrogen (secondary N) is 1. The SMILES string of the molecule is Cc1ccc(C2=NN[C@H](c3ccc(N(C)c4ccccc4)cc3)S2)cc1. The van der Waals surface area contributed by atoms with E-state index in [9.17, 15) is 0 Å². The van der Waals surface area contributed by atoms with Gasteiger partial charge in [-0.05, 0) is 36.8 Å². The first kappa shape index (κ1) is 16.7. The van der Waals surface area contributed by atoms with Crippen LogP contribution in [0.3, 0.4) is 0 Å². The van der Waals surface area contributed by atoms with E-state index in [-0.39, 0.29) is 5.37 Å². The molecular formula is C22H21N3S. The molecule has 0 radical (unpaired) electrons. The number of para-hydroxylation sites is 1. The van der Waals surface area contributed by atoms with E-state index in [2.05, 4.69) is 102 Å². The zero-order valence-corrected chi connectivity index (χ0v) is 15.7. The maximum Gasteiger partial charge on any atom is 0.126 e. The molecule has 0 aliphatic carbocycles. The van der Waals surface area contributed by atoms with Crippen LogP contribution < -0.4 is 10.3 Å². The Kier molecular flexibility index (Phi) is 4.67. The highest BCUT2D eigenvalue weighted by atomic mass is 32.2. The van der Waals surface area contributed by atoms with Gasteiger partial charge in [0.15, 0.2) is 0 Å². The van der Waals surface area contributed by atoms with Crippen molar-refractivity contribution in [1.29, 1.82) is 0 Å². The Labute approximate surface area is 158 Å². The van der Waals surface area contributed by atoms with Gasteiger partial charge in [-0.2, -0.15) is 5.10 Å². The average Bonchev–Trinajstić information content (AvgIpc) is 3.19. The van der Waals surface area contributed by atoms with E-state index in [1.54, 1.807) is 11.8 Å². The van der Waals surface area contributed by atoms with Crippen molar-refractivity contribution in [3.63, 3.8) is 0 Å². The van der Waals surface area contributed by atoms with E-state index in [0.29, 0.717) is 0 Å². The molecule has 4 rings (SSSR count). The topological polar surface area (TPSA) is 27.6 Å². The molecule has 1 heterocycles. The highest BCUT2D eigenvalue weighted by Gasteiger charge is 2.22. The molecule has 0 amide bonds. The Bertz CT molecular complexity index is 902. The molecule has 1 atom stereocenters. The first-order chi connectivity index (χ1) is 12.7. The number of hydrogen-bond acceptors (Lipinski definition) is 4. The predicted molar refractivity (Wildman–Crippen MR) is 112 cm³/mol. The van der Waals surface area contributed by atoms with Crippen LogP contribution in [0.5, 0.6) is 0 Å². The Morgan fingerprint density at radius 3 is 2.19 bits per heavy atom. The number of nitrogens with zero attached hydrogens (tertiary/aromatic N) is 2. The molecule has 0 saturated carbocycles. The van der Waals surface area contributed by atoms with Crippen LogP contribution >= 0.6 is 11.8 Å². The van der Waals surface area contributed by atoms with Crippen LogP contribution in [0, 0.1) is 6.92 Å². The number of hydrazone groups is 1. The Balaban J connectivity index is 1.46. The highest BCUT2D eigenvalue weighted by molar-refractivity contribution is 8.14. The van der Waals surface area contributed by atoms with Gasteiger partial charge in [0.05, 0.1) is 0 Å². The Hall–Kier alpha value is -2.72. The number of aryl methyl sites for hydroxylation is 1. The smallest absolute Gasteiger partial charge is 0.126 e. The lowest BCUT2D eigenvalue weighted by Crippen LogP contribution is -2.10. The standard InChI is InChI=1S/C22H21N3S/c1-16-8-10-17(11-9-16)21-23-24-22(26-21)18-12-14-20(15-13-18)25(2)19-6-4-3-5-7-19/h3-15,22,24H,1-2H3/t22-/m0/s1. The molecule has 0 unspecified atom stereocenters. The summed E-state index contributed by atoms with van der Waals surface area (Å²) in [6.07, 6.45) is 0. The molecule has 3 nitrogen and oxygen atoms in total. The molecule has 1 N–H and O–H groups in total. The monoisotopic (exact) mass is 359 g/mol. The summed E-state index contributed by atoms with van der Waals surface area (Å²) in [6.45, 7) is 2.10. The van der Waals surface area contributed by atoms with Gasteiger partial charge in [-0.15, -0.1) is 0 Å². The first-order valence-corrected chi connectivity index (χ1v) is 9.54. The van der Waals surface area contributed by atoms with Gasteiger partial charge >= 0.3 is 0 Å². The van der Waals surface area contributed by atoms with E-state index < -0.39 is 0 Å². The number of thioether (sulfide) groups is 1. The molecule has 1 aliphatic rings. The average molecular weight is 359 g/mol. The molecule has 4 heteroatoms. The summed E-state index contributed by atoms with van der Waals surface area (Å²) < 4.78 is 0. The molecule has 1 aliphatic heterocycles. The minimum Gasteiger partial charge on any atom is -0.345 e. The normalized spacial score (nSPS) is 16.1. The van der Waals surface area contributed by atoms with Gasteiger partial charge in [-0.3, -0.25) is 5.43 Å². The van der Waals surface area contributed by atoms with Crippen LogP contribution in [0.15, 0.2) is 84.0 Å². The molecule has 0 fully saturated rings. The van der Waals surface area contributed by atoms with Crippen molar-refractivity contribution in [2.24, 2.45) is 5.10 Å². The maximum absolute atomic E-state index is 4.52. The minimum atomic E-state index is 0.155. The minimum absolute atomic E-state index is 0.155. The first-order valence-electron chi connectivity index (χ1n) is 8.66. The van der Waals surface area contributed by atoms with Crippen LogP contribution in [0.1, 0.15) is 22.1 Å². The van der Waals surface area contributed by atoms with Crippen molar-refractivity contribution < 1.29 is 0 Å². The van der Waals surface area contributed by atoms with Crippen molar-refractivity contribution in [1.82, 2.24) is 5.43 Å². The number of benzene rings is 3. The third-order valence-electron chi connectivity index (χ3n) is 4.54. The van der Waals surface area contributed by atoms with Gasteiger partial charge in [0.2, 0.25) is 0 Å². The fourth-order valence-electron chi connectivity index (χ4n) is 2.93. The second-order valence-electron chi connectivity index (χ2n) is 6.40. The van der Waals surface area contributed by atoms with Crippen molar-refractivity contribution in [2.75, 3.05) is 11.9 Å². The zero-order chi connectivity index (χ0) is 17.9. The fourth-order valence-corrected chi connectivity index (χ4v) is 3.93. The van der Waals surface area contributed by atoms with Crippen molar-refractivity contribution in [2.45, 2.75) is 12.3 Å². The van der Waals surface area contributed by atoms with E-state index in [1.807, 2.05) is 6.07 Å². The lowest BCUT2D eigenvalue weighted by atomic mass is 10.2. The number of anilines is 2. The fraction of sp³-hybridized carbons (Fsp3) is 0.136. The quantitative estimate of drug-likeness (QED) is 0.670. The predicted octanol–water partition coefficient (Wildman–Crippen LogP) is 5.46. The lowest BCUT2D eigenvalue weighted by molar-refractivity contribution is 0.744. The van der Waals surface area contributed by atoms with Gasteiger partial charge in [0, 0.05) is 24.0 Å². The zero-order valence-electron chi connectivity index (χ0n) is 14.9. The summed E-state index contributed by atoms with van der Waals surface area (Å²) in [5.74, 6) is 0. The third kappa shape index (κ3) is 3.46. The summed E-state index contributed by atoms with van der Waals surface area (Å²) in [4.78, 5) is 2.19. The maximum atomic E-state index is 4.52. The highest BCUT2D eigenvalue weighted by Crippen LogP contribution is 2.35. The van der Waals surface area contributed by atoms with Gasteiger partial charge < -0.3 is 4.90 Å². The molecular weight excluding hydrogens is 338 g/mol. The largest absolute Gasteiger partial charge is 0.345 e. The van der Waals surface area contributed by atoms with Crippen molar-refractivity contribution >= 4 is 28.2 Å². The molecule has 0 aromatic heterocycles. The van der Waals surface area contributed by atoms with Crippen LogP contribution in [0.2, 0.25) is 0 Å². The molecule has 0 saturated heterocycles. The van der Waals surface area contributed by atoms with E-state index in [0.717, 1.165) is 10.6 Å². The summed E-state index contributed by atoms with van der Waals surface area (Å²) in [7, 11) is 2.09. The van der Waals surface area contributed by atoms with Crippen LogP contribution in [0.4, 0.5) is 11.4 Å². The van der Waals surface area contributed by atoms with Gasteiger partial charge in [0.1, 0.15) is 10.4 Å². The third-order valence-corrected chi connectivity index (χ3v) is 5.70. The van der Waals surface area contributed by atoms with Crippen LogP contribution in [-0.4, -0.2) is 12.1 Å². The molecule has 3 aromatic rings. The van der Waals surface area contributed by atoms with Crippen LogP contribution in [-0.2, 0) is 0 Å². The second-order valence-corrected chi connectivity index (χ2v) is 7.49. The Morgan fingerprint density at radius 1 is 0.846 bits per heavy atom. The number of hydrogen-bond donors (Lipinski definition) is 1. The van der Waals surface area contributed by atoms with Gasteiger partial charge in [-0.25, -0.2) is 0 Å². The molecule has 130 valence electrons. The summed E-state index contributed by atoms with van der Waals surface area (Å²) >= 11 is 1.76. The molecule has 3 aromatic carbocycles. The second kappa shape index (κ2) is 7.26.